The highest BCUT2D eigenvalue weighted by molar-refractivity contribution is 5.80. The van der Waals surface area contributed by atoms with Crippen LogP contribution in [0.15, 0.2) is 59.6 Å². The lowest BCUT2D eigenvalue weighted by molar-refractivity contribution is 0.0906. The summed E-state index contributed by atoms with van der Waals surface area (Å²) < 4.78 is 16.9. The second-order valence-corrected chi connectivity index (χ2v) is 7.83. The van der Waals surface area contributed by atoms with Gasteiger partial charge in [0.1, 0.15) is 5.75 Å². The van der Waals surface area contributed by atoms with E-state index in [1.807, 2.05) is 37.4 Å². The van der Waals surface area contributed by atoms with E-state index in [1.54, 1.807) is 7.11 Å². The molecular weight excluding hydrogens is 390 g/mol. The van der Waals surface area contributed by atoms with Crippen molar-refractivity contribution in [3.8, 4) is 5.75 Å². The maximum absolute atomic E-state index is 5.93. The van der Waals surface area contributed by atoms with Gasteiger partial charge < -0.3 is 24.4 Å². The molecule has 0 amide bonds. The van der Waals surface area contributed by atoms with Crippen molar-refractivity contribution in [3.05, 3.63) is 65.7 Å². The molecule has 1 fully saturated rings. The van der Waals surface area contributed by atoms with E-state index in [0.29, 0.717) is 25.7 Å². The zero-order valence-electron chi connectivity index (χ0n) is 18.8. The number of likely N-dealkylation sites (tertiary alicyclic amines) is 1. The van der Waals surface area contributed by atoms with Crippen molar-refractivity contribution < 1.29 is 14.2 Å². The standard InChI is InChI=1S/C25H35N3O3/c1-26-25(27-14-6-16-30-18-22-9-11-24(29-2)12-10-22)28-15-13-23(17-28)20-31-19-21-7-4-3-5-8-21/h3-5,7-12,23H,6,13-20H2,1-2H3,(H,26,27). The molecule has 31 heavy (non-hydrogen) atoms. The Morgan fingerprint density at radius 3 is 2.52 bits per heavy atom. The first-order chi connectivity index (χ1) is 15.3. The monoisotopic (exact) mass is 425 g/mol. The number of hydrogen-bond acceptors (Lipinski definition) is 4. The van der Waals surface area contributed by atoms with Crippen LogP contribution in [0.5, 0.6) is 5.75 Å². The van der Waals surface area contributed by atoms with Crippen molar-refractivity contribution in [2.75, 3.05) is 47.0 Å². The van der Waals surface area contributed by atoms with Gasteiger partial charge in [0, 0.05) is 39.2 Å². The SMILES string of the molecule is CN=C(NCCCOCc1ccc(OC)cc1)N1CCC(COCc2ccccc2)C1. The summed E-state index contributed by atoms with van der Waals surface area (Å²) in [6, 6.07) is 18.3. The number of hydrogen-bond donors (Lipinski definition) is 1. The van der Waals surface area contributed by atoms with E-state index in [2.05, 4.69) is 39.5 Å². The summed E-state index contributed by atoms with van der Waals surface area (Å²) in [5.41, 5.74) is 2.38. The average molecular weight is 426 g/mol. The van der Waals surface area contributed by atoms with Gasteiger partial charge >= 0.3 is 0 Å². The number of guanidine groups is 1. The third kappa shape index (κ3) is 7.89. The number of aliphatic imine (C=N–C) groups is 1. The summed E-state index contributed by atoms with van der Waals surface area (Å²) in [5, 5.41) is 3.47. The van der Waals surface area contributed by atoms with Crippen molar-refractivity contribution >= 4 is 5.96 Å². The van der Waals surface area contributed by atoms with Gasteiger partial charge in [-0.3, -0.25) is 4.99 Å². The number of rotatable bonds is 11. The van der Waals surface area contributed by atoms with Gasteiger partial charge in [0.05, 0.1) is 26.9 Å². The molecule has 0 aromatic heterocycles. The minimum Gasteiger partial charge on any atom is -0.497 e. The number of benzene rings is 2. The first kappa shape index (κ1) is 23.1. The lowest BCUT2D eigenvalue weighted by Gasteiger charge is -2.21. The molecule has 1 aliphatic rings. The molecule has 0 bridgehead atoms. The molecule has 3 rings (SSSR count). The number of methoxy groups -OCH3 is 1. The van der Waals surface area contributed by atoms with Crippen molar-refractivity contribution in [2.24, 2.45) is 10.9 Å². The van der Waals surface area contributed by atoms with Gasteiger partial charge in [-0.05, 0) is 36.1 Å². The van der Waals surface area contributed by atoms with Gasteiger partial charge in [-0.2, -0.15) is 0 Å². The average Bonchev–Trinajstić information content (AvgIpc) is 3.28. The molecule has 2 aromatic carbocycles. The molecule has 1 saturated heterocycles. The van der Waals surface area contributed by atoms with Crippen LogP contribution < -0.4 is 10.1 Å². The van der Waals surface area contributed by atoms with Crippen LogP contribution in [0.4, 0.5) is 0 Å². The highest BCUT2D eigenvalue weighted by atomic mass is 16.5. The van der Waals surface area contributed by atoms with E-state index in [9.17, 15) is 0 Å². The minimum absolute atomic E-state index is 0.551. The Morgan fingerprint density at radius 2 is 1.77 bits per heavy atom. The molecule has 1 unspecified atom stereocenters. The summed E-state index contributed by atoms with van der Waals surface area (Å²) in [6.45, 7) is 5.67. The Bertz CT molecular complexity index is 780. The van der Waals surface area contributed by atoms with Gasteiger partial charge in [0.2, 0.25) is 0 Å². The number of nitrogens with zero attached hydrogens (tertiary/aromatic N) is 2. The van der Waals surface area contributed by atoms with Crippen LogP contribution in [0.2, 0.25) is 0 Å². The minimum atomic E-state index is 0.551. The van der Waals surface area contributed by atoms with Gasteiger partial charge in [0.25, 0.3) is 0 Å². The Kier molecular flexibility index (Phi) is 9.67. The lowest BCUT2D eigenvalue weighted by atomic mass is 10.1. The van der Waals surface area contributed by atoms with E-state index in [1.165, 1.54) is 5.56 Å². The summed E-state index contributed by atoms with van der Waals surface area (Å²) in [7, 11) is 3.52. The molecule has 2 aromatic rings. The van der Waals surface area contributed by atoms with Crippen LogP contribution in [0, 0.1) is 5.92 Å². The molecule has 0 aliphatic carbocycles. The fourth-order valence-corrected chi connectivity index (χ4v) is 3.70. The molecule has 1 heterocycles. The molecule has 6 heteroatoms. The zero-order chi connectivity index (χ0) is 21.7. The lowest BCUT2D eigenvalue weighted by Crippen LogP contribution is -2.40. The molecule has 1 N–H and O–H groups in total. The zero-order valence-corrected chi connectivity index (χ0v) is 18.8. The summed E-state index contributed by atoms with van der Waals surface area (Å²) in [4.78, 5) is 6.78. The number of ether oxygens (including phenoxy) is 3. The maximum Gasteiger partial charge on any atom is 0.193 e. The molecular formula is C25H35N3O3. The van der Waals surface area contributed by atoms with Crippen LogP contribution in [-0.4, -0.2) is 57.9 Å². The van der Waals surface area contributed by atoms with Crippen LogP contribution in [0.25, 0.3) is 0 Å². The first-order valence-corrected chi connectivity index (χ1v) is 11.1. The van der Waals surface area contributed by atoms with E-state index in [-0.39, 0.29) is 0 Å². The molecule has 1 aliphatic heterocycles. The molecule has 0 saturated carbocycles. The second kappa shape index (κ2) is 13.0. The third-order valence-electron chi connectivity index (χ3n) is 5.44. The second-order valence-electron chi connectivity index (χ2n) is 7.83. The van der Waals surface area contributed by atoms with Gasteiger partial charge in [0.15, 0.2) is 5.96 Å². The largest absolute Gasteiger partial charge is 0.497 e. The van der Waals surface area contributed by atoms with E-state index >= 15 is 0 Å². The van der Waals surface area contributed by atoms with E-state index in [0.717, 1.165) is 56.4 Å². The maximum atomic E-state index is 5.93. The summed E-state index contributed by atoms with van der Waals surface area (Å²) in [5.74, 6) is 2.39. The van der Waals surface area contributed by atoms with E-state index < -0.39 is 0 Å². The van der Waals surface area contributed by atoms with Gasteiger partial charge in [-0.25, -0.2) is 0 Å². The normalized spacial score (nSPS) is 16.5. The summed E-state index contributed by atoms with van der Waals surface area (Å²) >= 11 is 0. The Labute approximate surface area is 186 Å². The highest BCUT2D eigenvalue weighted by Gasteiger charge is 2.24. The Hall–Kier alpha value is -2.57. The van der Waals surface area contributed by atoms with Crippen molar-refractivity contribution in [1.82, 2.24) is 10.2 Å². The molecule has 0 radical (unpaired) electrons. The molecule has 0 spiro atoms. The topological polar surface area (TPSA) is 55.3 Å². The van der Waals surface area contributed by atoms with Crippen LogP contribution in [0.3, 0.4) is 0 Å². The molecule has 168 valence electrons. The third-order valence-corrected chi connectivity index (χ3v) is 5.44. The fourth-order valence-electron chi connectivity index (χ4n) is 3.70. The van der Waals surface area contributed by atoms with Gasteiger partial charge in [-0.1, -0.05) is 42.5 Å². The predicted octanol–water partition coefficient (Wildman–Crippen LogP) is 3.72. The van der Waals surface area contributed by atoms with Crippen LogP contribution in [-0.2, 0) is 22.7 Å². The highest BCUT2D eigenvalue weighted by Crippen LogP contribution is 2.17. The van der Waals surface area contributed by atoms with Crippen molar-refractivity contribution in [3.63, 3.8) is 0 Å². The van der Waals surface area contributed by atoms with Crippen LogP contribution >= 0.6 is 0 Å². The predicted molar refractivity (Wildman–Crippen MR) is 124 cm³/mol. The van der Waals surface area contributed by atoms with Crippen molar-refractivity contribution in [1.29, 1.82) is 0 Å². The Morgan fingerprint density at radius 1 is 1.03 bits per heavy atom. The molecule has 6 nitrogen and oxygen atoms in total. The molecule has 1 atom stereocenters. The number of nitrogens with one attached hydrogen (secondary N) is 1. The van der Waals surface area contributed by atoms with Crippen LogP contribution in [0.1, 0.15) is 24.0 Å². The Balaban J connectivity index is 1.26. The fraction of sp³-hybridized carbons (Fsp3) is 0.480. The van der Waals surface area contributed by atoms with Crippen molar-refractivity contribution in [2.45, 2.75) is 26.1 Å². The van der Waals surface area contributed by atoms with E-state index in [4.69, 9.17) is 14.2 Å². The quantitative estimate of drug-likeness (QED) is 0.338. The summed E-state index contributed by atoms with van der Waals surface area (Å²) in [6.07, 6.45) is 2.08. The smallest absolute Gasteiger partial charge is 0.193 e. The van der Waals surface area contributed by atoms with Gasteiger partial charge in [-0.15, -0.1) is 0 Å². The first-order valence-electron chi connectivity index (χ1n) is 11.1.